The van der Waals surface area contributed by atoms with Crippen molar-refractivity contribution in [2.75, 3.05) is 18.1 Å². The minimum atomic E-state index is -3.10. The van der Waals surface area contributed by atoms with Crippen molar-refractivity contribution in [1.29, 1.82) is 0 Å². The molecule has 0 aliphatic heterocycles. The summed E-state index contributed by atoms with van der Waals surface area (Å²) in [5.74, 6) is -0.450. The van der Waals surface area contributed by atoms with Crippen LogP contribution in [0.4, 0.5) is 4.39 Å². The third-order valence-corrected chi connectivity index (χ3v) is 4.23. The van der Waals surface area contributed by atoms with E-state index in [1.165, 1.54) is 12.1 Å². The van der Waals surface area contributed by atoms with Crippen molar-refractivity contribution in [3.63, 3.8) is 0 Å². The molecular weight excluding hydrogens is 267 g/mol. The maximum absolute atomic E-state index is 13.4. The van der Waals surface area contributed by atoms with E-state index in [1.54, 1.807) is 13.0 Å². The Bertz CT molecular complexity index is 474. The second kappa shape index (κ2) is 6.21. The molecule has 0 aromatic heterocycles. The standard InChI is InChI=1S/C11H14ClFO3S/c1-2-17(14,15)7-6-16-11-9(8-12)4-3-5-10(11)13/h3-5H,2,6-8H2,1H3. The quantitative estimate of drug-likeness (QED) is 0.752. The number of benzene rings is 1. The van der Waals surface area contributed by atoms with Crippen molar-refractivity contribution in [3.8, 4) is 5.75 Å². The van der Waals surface area contributed by atoms with E-state index in [9.17, 15) is 12.8 Å². The van der Waals surface area contributed by atoms with Gasteiger partial charge < -0.3 is 4.74 Å². The molecule has 96 valence electrons. The van der Waals surface area contributed by atoms with E-state index >= 15 is 0 Å². The summed E-state index contributed by atoms with van der Waals surface area (Å²) in [6.45, 7) is 1.49. The van der Waals surface area contributed by atoms with Gasteiger partial charge in [0.05, 0.1) is 11.6 Å². The van der Waals surface area contributed by atoms with E-state index < -0.39 is 15.7 Å². The van der Waals surface area contributed by atoms with Gasteiger partial charge in [-0.1, -0.05) is 19.1 Å². The lowest BCUT2D eigenvalue weighted by molar-refractivity contribution is 0.319. The first kappa shape index (κ1) is 14.3. The first-order valence-electron chi connectivity index (χ1n) is 5.16. The molecular formula is C11H14ClFO3S. The molecule has 1 aromatic carbocycles. The summed E-state index contributed by atoms with van der Waals surface area (Å²) in [7, 11) is -3.10. The number of hydrogen-bond donors (Lipinski definition) is 0. The number of hydrogen-bond acceptors (Lipinski definition) is 3. The monoisotopic (exact) mass is 280 g/mol. The topological polar surface area (TPSA) is 43.4 Å². The Balaban J connectivity index is 2.70. The average molecular weight is 281 g/mol. The molecule has 17 heavy (non-hydrogen) atoms. The molecule has 0 amide bonds. The van der Waals surface area contributed by atoms with Crippen molar-refractivity contribution in [1.82, 2.24) is 0 Å². The van der Waals surface area contributed by atoms with Crippen LogP contribution in [0.15, 0.2) is 18.2 Å². The third kappa shape index (κ3) is 4.16. The van der Waals surface area contributed by atoms with Gasteiger partial charge in [-0.2, -0.15) is 0 Å². The highest BCUT2D eigenvalue weighted by Crippen LogP contribution is 2.24. The Morgan fingerprint density at radius 1 is 1.41 bits per heavy atom. The molecule has 1 aromatic rings. The van der Waals surface area contributed by atoms with Gasteiger partial charge in [-0.3, -0.25) is 0 Å². The van der Waals surface area contributed by atoms with E-state index in [2.05, 4.69) is 0 Å². The zero-order valence-corrected chi connectivity index (χ0v) is 11.0. The van der Waals surface area contributed by atoms with Crippen molar-refractivity contribution in [2.45, 2.75) is 12.8 Å². The molecule has 0 saturated carbocycles. The van der Waals surface area contributed by atoms with Crippen molar-refractivity contribution >= 4 is 21.4 Å². The Morgan fingerprint density at radius 3 is 2.71 bits per heavy atom. The number of para-hydroxylation sites is 1. The van der Waals surface area contributed by atoms with Gasteiger partial charge in [-0.05, 0) is 6.07 Å². The van der Waals surface area contributed by atoms with Gasteiger partial charge in [-0.25, -0.2) is 12.8 Å². The second-order valence-corrected chi connectivity index (χ2v) is 6.19. The Kier molecular flexibility index (Phi) is 5.21. The summed E-state index contributed by atoms with van der Waals surface area (Å²) in [5, 5.41) is 0. The summed E-state index contributed by atoms with van der Waals surface area (Å²) in [4.78, 5) is 0. The first-order chi connectivity index (χ1) is 8.00. The molecule has 0 atom stereocenters. The van der Waals surface area contributed by atoms with E-state index in [0.717, 1.165) is 0 Å². The van der Waals surface area contributed by atoms with Gasteiger partial charge >= 0.3 is 0 Å². The normalized spacial score (nSPS) is 11.5. The summed E-state index contributed by atoms with van der Waals surface area (Å²) in [6.07, 6.45) is 0. The highest BCUT2D eigenvalue weighted by atomic mass is 35.5. The fourth-order valence-corrected chi connectivity index (χ4v) is 2.07. The molecule has 0 N–H and O–H groups in total. The van der Waals surface area contributed by atoms with Gasteiger partial charge in [0.15, 0.2) is 21.4 Å². The van der Waals surface area contributed by atoms with Crippen LogP contribution in [0.1, 0.15) is 12.5 Å². The molecule has 0 bridgehead atoms. The van der Waals surface area contributed by atoms with Crippen LogP contribution in [0.2, 0.25) is 0 Å². The van der Waals surface area contributed by atoms with Crippen molar-refractivity contribution < 1.29 is 17.5 Å². The van der Waals surface area contributed by atoms with Crippen LogP contribution >= 0.6 is 11.6 Å². The SMILES string of the molecule is CCS(=O)(=O)CCOc1c(F)cccc1CCl. The Morgan fingerprint density at radius 2 is 2.12 bits per heavy atom. The average Bonchev–Trinajstić information content (AvgIpc) is 2.31. The zero-order valence-electron chi connectivity index (χ0n) is 9.45. The minimum Gasteiger partial charge on any atom is -0.489 e. The van der Waals surface area contributed by atoms with Crippen LogP contribution in [-0.4, -0.2) is 26.5 Å². The summed E-state index contributed by atoms with van der Waals surface area (Å²) in [6, 6.07) is 4.42. The first-order valence-corrected chi connectivity index (χ1v) is 7.52. The maximum atomic E-state index is 13.4. The molecule has 3 nitrogen and oxygen atoms in total. The molecule has 0 heterocycles. The maximum Gasteiger partial charge on any atom is 0.165 e. The molecule has 0 fully saturated rings. The Hall–Kier alpha value is -0.810. The summed E-state index contributed by atoms with van der Waals surface area (Å²) >= 11 is 5.64. The molecule has 0 radical (unpaired) electrons. The molecule has 0 aliphatic carbocycles. The molecule has 0 unspecified atom stereocenters. The van der Waals surface area contributed by atoms with Crippen LogP contribution in [0.3, 0.4) is 0 Å². The summed E-state index contributed by atoms with van der Waals surface area (Å²) < 4.78 is 41.0. The van der Waals surface area contributed by atoms with Crippen molar-refractivity contribution in [2.24, 2.45) is 0 Å². The lowest BCUT2D eigenvalue weighted by Gasteiger charge is -2.10. The highest BCUT2D eigenvalue weighted by Gasteiger charge is 2.12. The second-order valence-electron chi connectivity index (χ2n) is 3.45. The fraction of sp³-hybridized carbons (Fsp3) is 0.455. The predicted molar refractivity (Wildman–Crippen MR) is 65.8 cm³/mol. The number of alkyl halides is 1. The van der Waals surface area contributed by atoms with Crippen molar-refractivity contribution in [3.05, 3.63) is 29.6 Å². The Labute approximate surface area is 105 Å². The predicted octanol–water partition coefficient (Wildman–Crippen LogP) is 2.38. The van der Waals surface area contributed by atoms with Gasteiger partial charge in [0.1, 0.15) is 6.61 Å². The van der Waals surface area contributed by atoms with Crippen LogP contribution in [-0.2, 0) is 15.7 Å². The lowest BCUT2D eigenvalue weighted by atomic mass is 10.2. The molecule has 0 saturated heterocycles. The summed E-state index contributed by atoms with van der Waals surface area (Å²) in [5.41, 5.74) is 0.514. The molecule has 6 heteroatoms. The number of halogens is 2. The van der Waals surface area contributed by atoms with Crippen LogP contribution < -0.4 is 4.74 Å². The minimum absolute atomic E-state index is 0.0359. The largest absolute Gasteiger partial charge is 0.489 e. The van der Waals surface area contributed by atoms with E-state index in [0.29, 0.717) is 5.56 Å². The van der Waals surface area contributed by atoms with Crippen LogP contribution in [0.25, 0.3) is 0 Å². The molecule has 0 aliphatic rings. The van der Waals surface area contributed by atoms with E-state index in [1.807, 2.05) is 0 Å². The van der Waals surface area contributed by atoms with Gasteiger partial charge in [0.25, 0.3) is 0 Å². The third-order valence-electron chi connectivity index (χ3n) is 2.27. The highest BCUT2D eigenvalue weighted by molar-refractivity contribution is 7.91. The number of sulfone groups is 1. The van der Waals surface area contributed by atoms with Gasteiger partial charge in [-0.15, -0.1) is 11.6 Å². The fourth-order valence-electron chi connectivity index (χ4n) is 1.24. The van der Waals surface area contributed by atoms with Gasteiger partial charge in [0, 0.05) is 11.3 Å². The van der Waals surface area contributed by atoms with E-state index in [-0.39, 0.29) is 29.7 Å². The zero-order chi connectivity index (χ0) is 12.9. The lowest BCUT2D eigenvalue weighted by Crippen LogP contribution is -2.16. The van der Waals surface area contributed by atoms with Gasteiger partial charge in [0.2, 0.25) is 0 Å². The number of ether oxygens (including phenoxy) is 1. The van der Waals surface area contributed by atoms with Crippen LogP contribution in [0, 0.1) is 5.82 Å². The smallest absolute Gasteiger partial charge is 0.165 e. The van der Waals surface area contributed by atoms with Crippen LogP contribution in [0.5, 0.6) is 5.75 Å². The molecule has 1 rings (SSSR count). The van der Waals surface area contributed by atoms with E-state index in [4.69, 9.17) is 16.3 Å². The molecule has 0 spiro atoms. The number of rotatable bonds is 6.